The Hall–Kier alpha value is -2.16. The van der Waals surface area contributed by atoms with Crippen molar-refractivity contribution in [2.24, 2.45) is 0 Å². The van der Waals surface area contributed by atoms with E-state index in [1.807, 2.05) is 36.4 Å². The number of hydrogen-bond donors (Lipinski definition) is 1. The molecule has 1 N–H and O–H groups in total. The Bertz CT molecular complexity index is 620. The van der Waals surface area contributed by atoms with Gasteiger partial charge in [0.15, 0.2) is 0 Å². The fraction of sp³-hybridized carbons (Fsp3) is 0.235. The van der Waals surface area contributed by atoms with Gasteiger partial charge in [-0.2, -0.15) is 0 Å². The summed E-state index contributed by atoms with van der Waals surface area (Å²) < 4.78 is 13.9. The number of amides is 1. The Morgan fingerprint density at radius 2 is 1.70 bits per heavy atom. The van der Waals surface area contributed by atoms with Gasteiger partial charge >= 0.3 is 0 Å². The van der Waals surface area contributed by atoms with E-state index < -0.39 is 5.54 Å². The molecule has 102 valence electrons. The minimum atomic E-state index is -0.489. The highest BCUT2D eigenvalue weighted by Crippen LogP contribution is 2.46. The quantitative estimate of drug-likeness (QED) is 0.907. The molecule has 1 fully saturated rings. The van der Waals surface area contributed by atoms with E-state index in [0.29, 0.717) is 12.0 Å². The Labute approximate surface area is 117 Å². The molecule has 0 atom stereocenters. The van der Waals surface area contributed by atoms with E-state index in [0.717, 1.165) is 18.4 Å². The van der Waals surface area contributed by atoms with Crippen LogP contribution in [0.5, 0.6) is 0 Å². The Morgan fingerprint density at radius 3 is 2.35 bits per heavy atom. The fourth-order valence-electron chi connectivity index (χ4n) is 2.53. The zero-order chi connectivity index (χ0) is 14.0. The lowest BCUT2D eigenvalue weighted by Gasteiger charge is -2.18. The first-order valence-electron chi connectivity index (χ1n) is 6.80. The van der Waals surface area contributed by atoms with E-state index in [4.69, 9.17) is 0 Å². The summed E-state index contributed by atoms with van der Waals surface area (Å²) >= 11 is 0. The van der Waals surface area contributed by atoms with Gasteiger partial charge in [-0.15, -0.1) is 0 Å². The second kappa shape index (κ2) is 5.08. The lowest BCUT2D eigenvalue weighted by molar-refractivity contribution is -0.121. The van der Waals surface area contributed by atoms with Crippen LogP contribution in [0.2, 0.25) is 0 Å². The van der Waals surface area contributed by atoms with Crippen LogP contribution in [0.1, 0.15) is 24.0 Å². The summed E-state index contributed by atoms with van der Waals surface area (Å²) in [5.41, 5.74) is 1.08. The molecule has 0 aliphatic heterocycles. The maximum Gasteiger partial charge on any atom is 0.225 e. The van der Waals surface area contributed by atoms with Gasteiger partial charge in [-0.25, -0.2) is 4.39 Å². The number of rotatable bonds is 4. The van der Waals surface area contributed by atoms with Gasteiger partial charge in [0, 0.05) is 5.56 Å². The van der Waals surface area contributed by atoms with E-state index >= 15 is 0 Å². The minimum absolute atomic E-state index is 0.0584. The first kappa shape index (κ1) is 12.9. The van der Waals surface area contributed by atoms with Crippen LogP contribution in [0.15, 0.2) is 54.6 Å². The summed E-state index contributed by atoms with van der Waals surface area (Å²) in [5, 5.41) is 2.99. The maximum absolute atomic E-state index is 13.9. The molecule has 0 unspecified atom stereocenters. The largest absolute Gasteiger partial charge is 0.346 e. The standard InChI is InChI=1S/C17H16FNO/c18-15-9-5-4-8-14(15)17(10-11-17)19-16(20)12-13-6-2-1-3-7-13/h1-9H,10-12H2,(H,19,20). The summed E-state index contributed by atoms with van der Waals surface area (Å²) in [4.78, 5) is 12.1. The predicted molar refractivity (Wildman–Crippen MR) is 75.6 cm³/mol. The number of carbonyl (C=O) groups excluding carboxylic acids is 1. The van der Waals surface area contributed by atoms with Gasteiger partial charge in [-0.05, 0) is 24.5 Å². The Kier molecular flexibility index (Phi) is 3.26. The molecule has 2 nitrogen and oxygen atoms in total. The molecule has 0 aromatic heterocycles. The van der Waals surface area contributed by atoms with Gasteiger partial charge in [-0.1, -0.05) is 48.5 Å². The third-order valence-electron chi connectivity index (χ3n) is 3.73. The summed E-state index contributed by atoms with van der Waals surface area (Å²) in [7, 11) is 0. The van der Waals surface area contributed by atoms with E-state index in [1.54, 1.807) is 12.1 Å². The van der Waals surface area contributed by atoms with Crippen molar-refractivity contribution in [1.82, 2.24) is 5.32 Å². The average Bonchev–Trinajstić information content (AvgIpc) is 3.20. The first-order valence-corrected chi connectivity index (χ1v) is 6.80. The number of nitrogens with one attached hydrogen (secondary N) is 1. The summed E-state index contributed by atoms with van der Waals surface area (Å²) in [6.45, 7) is 0. The second-order valence-corrected chi connectivity index (χ2v) is 5.27. The van der Waals surface area contributed by atoms with Crippen molar-refractivity contribution in [3.63, 3.8) is 0 Å². The Morgan fingerprint density at radius 1 is 1.05 bits per heavy atom. The number of hydrogen-bond acceptors (Lipinski definition) is 1. The van der Waals surface area contributed by atoms with Crippen LogP contribution in [-0.2, 0) is 16.8 Å². The smallest absolute Gasteiger partial charge is 0.225 e. The van der Waals surface area contributed by atoms with Gasteiger partial charge in [-0.3, -0.25) is 4.79 Å². The summed E-state index contributed by atoms with van der Waals surface area (Å²) in [6.07, 6.45) is 1.93. The van der Waals surface area contributed by atoms with Crippen LogP contribution < -0.4 is 5.32 Å². The predicted octanol–water partition coefficient (Wildman–Crippen LogP) is 3.17. The molecule has 20 heavy (non-hydrogen) atoms. The molecular formula is C17H16FNO. The lowest BCUT2D eigenvalue weighted by atomic mass is 10.0. The molecule has 0 spiro atoms. The highest BCUT2D eigenvalue weighted by atomic mass is 19.1. The monoisotopic (exact) mass is 269 g/mol. The number of benzene rings is 2. The van der Waals surface area contributed by atoms with Crippen molar-refractivity contribution >= 4 is 5.91 Å². The molecule has 1 amide bonds. The van der Waals surface area contributed by atoms with Gasteiger partial charge in [0.25, 0.3) is 0 Å². The van der Waals surface area contributed by atoms with Crippen molar-refractivity contribution in [3.05, 3.63) is 71.5 Å². The van der Waals surface area contributed by atoms with Gasteiger partial charge in [0.1, 0.15) is 5.82 Å². The highest BCUT2D eigenvalue weighted by molar-refractivity contribution is 5.80. The molecular weight excluding hydrogens is 253 g/mol. The summed E-state index contributed by atoms with van der Waals surface area (Å²) in [5.74, 6) is -0.304. The highest BCUT2D eigenvalue weighted by Gasteiger charge is 2.47. The van der Waals surface area contributed by atoms with Crippen molar-refractivity contribution in [3.8, 4) is 0 Å². The Balaban J connectivity index is 1.72. The van der Waals surface area contributed by atoms with E-state index in [9.17, 15) is 9.18 Å². The molecule has 2 aromatic rings. The molecule has 0 heterocycles. The lowest BCUT2D eigenvalue weighted by Crippen LogP contribution is -2.36. The van der Waals surface area contributed by atoms with E-state index in [-0.39, 0.29) is 11.7 Å². The zero-order valence-electron chi connectivity index (χ0n) is 11.1. The van der Waals surface area contributed by atoms with Gasteiger partial charge < -0.3 is 5.32 Å². The van der Waals surface area contributed by atoms with Crippen molar-refractivity contribution in [1.29, 1.82) is 0 Å². The van der Waals surface area contributed by atoms with Crippen LogP contribution in [0.4, 0.5) is 4.39 Å². The second-order valence-electron chi connectivity index (χ2n) is 5.27. The van der Waals surface area contributed by atoms with Crippen LogP contribution in [0.3, 0.4) is 0 Å². The first-order chi connectivity index (χ1) is 9.70. The van der Waals surface area contributed by atoms with Crippen molar-refractivity contribution in [2.75, 3.05) is 0 Å². The number of carbonyl (C=O) groups is 1. The minimum Gasteiger partial charge on any atom is -0.346 e. The molecule has 1 saturated carbocycles. The fourth-order valence-corrected chi connectivity index (χ4v) is 2.53. The van der Waals surface area contributed by atoms with Gasteiger partial charge in [0.05, 0.1) is 12.0 Å². The molecule has 3 rings (SSSR count). The molecule has 3 heteroatoms. The van der Waals surface area contributed by atoms with Crippen molar-refractivity contribution in [2.45, 2.75) is 24.8 Å². The van der Waals surface area contributed by atoms with Crippen LogP contribution >= 0.6 is 0 Å². The molecule has 0 radical (unpaired) electrons. The maximum atomic E-state index is 13.9. The molecule has 1 aliphatic carbocycles. The van der Waals surface area contributed by atoms with E-state index in [1.165, 1.54) is 6.07 Å². The third-order valence-corrected chi connectivity index (χ3v) is 3.73. The SMILES string of the molecule is O=C(Cc1ccccc1)NC1(c2ccccc2F)CC1. The van der Waals surface area contributed by atoms with Crippen LogP contribution in [0.25, 0.3) is 0 Å². The molecule has 1 aliphatic rings. The number of halogens is 1. The molecule has 0 saturated heterocycles. The van der Waals surface area contributed by atoms with E-state index in [2.05, 4.69) is 5.32 Å². The van der Waals surface area contributed by atoms with Crippen LogP contribution in [0, 0.1) is 5.82 Å². The molecule has 2 aromatic carbocycles. The topological polar surface area (TPSA) is 29.1 Å². The summed E-state index contributed by atoms with van der Waals surface area (Å²) in [6, 6.07) is 16.2. The normalized spacial score (nSPS) is 15.7. The van der Waals surface area contributed by atoms with Crippen LogP contribution in [-0.4, -0.2) is 5.91 Å². The van der Waals surface area contributed by atoms with Crippen molar-refractivity contribution < 1.29 is 9.18 Å². The molecule has 0 bridgehead atoms. The van der Waals surface area contributed by atoms with Gasteiger partial charge in [0.2, 0.25) is 5.91 Å². The zero-order valence-corrected chi connectivity index (χ0v) is 11.1. The average molecular weight is 269 g/mol. The third kappa shape index (κ3) is 2.57.